The first-order valence-electron chi connectivity index (χ1n) is 9.16. The Morgan fingerprint density at radius 3 is 1.72 bits per heavy atom. The van der Waals surface area contributed by atoms with E-state index in [1.807, 2.05) is 96.0 Å². The maximum atomic E-state index is 6.34. The minimum atomic E-state index is 0.396. The molecule has 4 aromatic rings. The van der Waals surface area contributed by atoms with Gasteiger partial charge < -0.3 is 5.73 Å². The summed E-state index contributed by atoms with van der Waals surface area (Å²) in [6, 6.07) is 29.6. The molecular weight excluding hydrogens is 362 g/mol. The van der Waals surface area contributed by atoms with Gasteiger partial charge in [-0.15, -0.1) is 0 Å². The molecule has 0 spiro atoms. The Bertz CT molecular complexity index is 1000. The predicted octanol–water partition coefficient (Wildman–Crippen LogP) is 4.66. The summed E-state index contributed by atoms with van der Waals surface area (Å²) in [7, 11) is 0. The van der Waals surface area contributed by atoms with Crippen molar-refractivity contribution >= 4 is 34.4 Å². The van der Waals surface area contributed by atoms with Crippen molar-refractivity contribution in [2.45, 2.75) is 0 Å². The smallest absolute Gasteiger partial charge is 0.173 e. The van der Waals surface area contributed by atoms with Crippen LogP contribution in [0.4, 0.5) is 34.4 Å². The summed E-state index contributed by atoms with van der Waals surface area (Å²) in [6.45, 7) is 0. The van der Waals surface area contributed by atoms with Gasteiger partial charge in [-0.1, -0.05) is 54.6 Å². The van der Waals surface area contributed by atoms with Crippen molar-refractivity contribution in [3.63, 3.8) is 0 Å². The Morgan fingerprint density at radius 2 is 1.14 bits per heavy atom. The minimum Gasteiger partial charge on any atom is -0.393 e. The fourth-order valence-electron chi connectivity index (χ4n) is 2.78. The number of para-hydroxylation sites is 3. The van der Waals surface area contributed by atoms with Crippen LogP contribution in [0.3, 0.4) is 0 Å². The summed E-state index contributed by atoms with van der Waals surface area (Å²) >= 11 is 0. The number of anilines is 6. The maximum absolute atomic E-state index is 6.34. The average molecular weight is 383 g/mol. The number of rotatable bonds is 7. The SMILES string of the molecule is Nc1c(NNc2ccccc2)ncnc1NN(c1ccccc1)c1ccccc1. The minimum absolute atomic E-state index is 0.396. The van der Waals surface area contributed by atoms with Gasteiger partial charge in [-0.2, -0.15) is 0 Å². The van der Waals surface area contributed by atoms with Crippen molar-refractivity contribution in [3.8, 4) is 0 Å². The number of hydrogen-bond donors (Lipinski definition) is 4. The van der Waals surface area contributed by atoms with Crippen molar-refractivity contribution in [1.29, 1.82) is 0 Å². The zero-order valence-corrected chi connectivity index (χ0v) is 15.7. The van der Waals surface area contributed by atoms with Crippen LogP contribution in [0.2, 0.25) is 0 Å². The molecule has 144 valence electrons. The molecule has 7 heteroatoms. The number of nitrogens with one attached hydrogen (secondary N) is 3. The fourth-order valence-corrected chi connectivity index (χ4v) is 2.78. The topological polar surface area (TPSA) is 91.1 Å². The Morgan fingerprint density at radius 1 is 0.621 bits per heavy atom. The van der Waals surface area contributed by atoms with Crippen LogP contribution in [0, 0.1) is 0 Å². The third kappa shape index (κ3) is 4.36. The molecule has 3 aromatic carbocycles. The quantitative estimate of drug-likeness (QED) is 0.345. The predicted molar refractivity (Wildman–Crippen MR) is 119 cm³/mol. The summed E-state index contributed by atoms with van der Waals surface area (Å²) in [5.41, 5.74) is 19.0. The standard InChI is InChI=1S/C22H21N7/c23-20-21(27-26-17-10-4-1-5-11-17)24-16-25-22(20)28-29(18-12-6-2-7-13-18)19-14-8-3-9-15-19/h1-16,26H,23H2,(H2,24,25,27,28). The van der Waals surface area contributed by atoms with Crippen LogP contribution < -0.4 is 27.0 Å². The third-order valence-electron chi connectivity index (χ3n) is 4.23. The first-order chi connectivity index (χ1) is 14.3. The molecule has 0 radical (unpaired) electrons. The summed E-state index contributed by atoms with van der Waals surface area (Å²) in [6.07, 6.45) is 1.46. The summed E-state index contributed by atoms with van der Waals surface area (Å²) in [4.78, 5) is 8.57. The number of benzene rings is 3. The summed E-state index contributed by atoms with van der Waals surface area (Å²) in [5.74, 6) is 0.970. The van der Waals surface area contributed by atoms with Crippen LogP contribution in [-0.2, 0) is 0 Å². The van der Waals surface area contributed by atoms with E-state index in [1.54, 1.807) is 0 Å². The normalized spacial score (nSPS) is 10.2. The van der Waals surface area contributed by atoms with E-state index in [2.05, 4.69) is 26.2 Å². The zero-order valence-electron chi connectivity index (χ0n) is 15.7. The Balaban J connectivity index is 1.59. The molecule has 0 aliphatic carbocycles. The van der Waals surface area contributed by atoms with Gasteiger partial charge in [-0.05, 0) is 36.4 Å². The molecule has 1 heterocycles. The number of aromatic nitrogens is 2. The number of nitrogen functional groups attached to an aromatic ring is 1. The molecule has 0 saturated heterocycles. The van der Waals surface area contributed by atoms with E-state index in [-0.39, 0.29) is 0 Å². The van der Waals surface area contributed by atoms with Crippen molar-refractivity contribution in [2.75, 3.05) is 27.0 Å². The van der Waals surface area contributed by atoms with E-state index in [0.717, 1.165) is 17.1 Å². The molecule has 0 fully saturated rings. The number of hydrogen-bond acceptors (Lipinski definition) is 7. The van der Waals surface area contributed by atoms with E-state index in [1.165, 1.54) is 6.33 Å². The highest BCUT2D eigenvalue weighted by Crippen LogP contribution is 2.29. The van der Waals surface area contributed by atoms with Gasteiger partial charge in [0.2, 0.25) is 0 Å². The van der Waals surface area contributed by atoms with Gasteiger partial charge in [-0.3, -0.25) is 21.3 Å². The number of hydrazine groups is 2. The Labute approximate surface area is 169 Å². The van der Waals surface area contributed by atoms with Crippen molar-refractivity contribution in [1.82, 2.24) is 9.97 Å². The molecule has 7 nitrogen and oxygen atoms in total. The molecule has 1 aromatic heterocycles. The highest BCUT2D eigenvalue weighted by atomic mass is 15.5. The highest BCUT2D eigenvalue weighted by Gasteiger charge is 2.14. The lowest BCUT2D eigenvalue weighted by atomic mass is 10.2. The van der Waals surface area contributed by atoms with Gasteiger partial charge in [0.25, 0.3) is 0 Å². The second-order valence-corrected chi connectivity index (χ2v) is 6.22. The monoisotopic (exact) mass is 383 g/mol. The maximum Gasteiger partial charge on any atom is 0.173 e. The van der Waals surface area contributed by atoms with Gasteiger partial charge in [0.05, 0.1) is 17.1 Å². The number of nitrogens with two attached hydrogens (primary N) is 1. The fraction of sp³-hybridized carbons (Fsp3) is 0. The molecule has 0 aliphatic rings. The summed E-state index contributed by atoms with van der Waals surface area (Å²) in [5, 5.41) is 1.92. The average Bonchev–Trinajstić information content (AvgIpc) is 2.79. The first-order valence-corrected chi connectivity index (χ1v) is 9.16. The number of nitrogens with zero attached hydrogens (tertiary/aromatic N) is 3. The van der Waals surface area contributed by atoms with Crippen molar-refractivity contribution in [2.24, 2.45) is 0 Å². The van der Waals surface area contributed by atoms with Gasteiger partial charge >= 0.3 is 0 Å². The second kappa shape index (κ2) is 8.62. The molecule has 0 aliphatic heterocycles. The first kappa shape index (κ1) is 18.1. The van der Waals surface area contributed by atoms with E-state index in [9.17, 15) is 0 Å². The lowest BCUT2D eigenvalue weighted by Gasteiger charge is -2.26. The van der Waals surface area contributed by atoms with Crippen LogP contribution >= 0.6 is 0 Å². The van der Waals surface area contributed by atoms with Crippen LogP contribution in [0.25, 0.3) is 0 Å². The molecule has 0 saturated carbocycles. The van der Waals surface area contributed by atoms with Crippen LogP contribution in [0.5, 0.6) is 0 Å². The van der Waals surface area contributed by atoms with E-state index < -0.39 is 0 Å². The van der Waals surface area contributed by atoms with Gasteiger partial charge in [0.1, 0.15) is 12.0 Å². The van der Waals surface area contributed by atoms with Crippen molar-refractivity contribution < 1.29 is 0 Å². The molecule has 5 N–H and O–H groups in total. The molecule has 29 heavy (non-hydrogen) atoms. The third-order valence-corrected chi connectivity index (χ3v) is 4.23. The molecular formula is C22H21N7. The molecule has 0 amide bonds. The summed E-state index contributed by atoms with van der Waals surface area (Å²) < 4.78 is 0. The van der Waals surface area contributed by atoms with E-state index >= 15 is 0 Å². The van der Waals surface area contributed by atoms with Crippen LogP contribution in [-0.4, -0.2) is 9.97 Å². The zero-order chi connectivity index (χ0) is 19.9. The van der Waals surface area contributed by atoms with Gasteiger partial charge in [-0.25, -0.2) is 9.97 Å². The second-order valence-electron chi connectivity index (χ2n) is 6.22. The van der Waals surface area contributed by atoms with Gasteiger partial charge in [0.15, 0.2) is 11.6 Å². The molecule has 0 bridgehead atoms. The van der Waals surface area contributed by atoms with E-state index in [4.69, 9.17) is 5.73 Å². The lowest BCUT2D eigenvalue weighted by molar-refractivity contribution is 1.09. The lowest BCUT2D eigenvalue weighted by Crippen LogP contribution is -2.26. The van der Waals surface area contributed by atoms with Crippen molar-refractivity contribution in [3.05, 3.63) is 97.3 Å². The van der Waals surface area contributed by atoms with E-state index in [0.29, 0.717) is 17.3 Å². The Kier molecular flexibility index (Phi) is 5.39. The van der Waals surface area contributed by atoms with Crippen LogP contribution in [0.15, 0.2) is 97.3 Å². The molecule has 0 atom stereocenters. The van der Waals surface area contributed by atoms with Gasteiger partial charge in [0, 0.05) is 0 Å². The molecule has 0 unspecified atom stereocenters. The van der Waals surface area contributed by atoms with Crippen LogP contribution in [0.1, 0.15) is 0 Å². The largest absolute Gasteiger partial charge is 0.393 e. The Hall–Kier alpha value is -4.26. The highest BCUT2D eigenvalue weighted by molar-refractivity contribution is 5.78. The molecule has 4 rings (SSSR count).